The highest BCUT2D eigenvalue weighted by atomic mass is 16.5. The van der Waals surface area contributed by atoms with Crippen molar-refractivity contribution in [1.29, 1.82) is 0 Å². The van der Waals surface area contributed by atoms with Crippen molar-refractivity contribution in [3.8, 4) is 0 Å². The molecule has 24 heavy (non-hydrogen) atoms. The van der Waals surface area contributed by atoms with E-state index in [2.05, 4.69) is 20.8 Å². The van der Waals surface area contributed by atoms with Crippen LogP contribution in [0.5, 0.6) is 0 Å². The molecular weight excluding hydrogens is 304 g/mol. The molecule has 4 heteroatoms. The zero-order valence-electron chi connectivity index (χ0n) is 16.0. The van der Waals surface area contributed by atoms with Crippen LogP contribution in [0.2, 0.25) is 0 Å². The molecule has 0 N–H and O–H groups in total. The minimum atomic E-state index is -0.478. The largest absolute Gasteiger partial charge is 0.463 e. The zero-order valence-corrected chi connectivity index (χ0v) is 16.0. The molecule has 0 aliphatic carbocycles. The second-order valence-electron chi connectivity index (χ2n) is 6.29. The van der Waals surface area contributed by atoms with Crippen LogP contribution in [0.1, 0.15) is 85.5 Å². The van der Waals surface area contributed by atoms with E-state index in [-0.39, 0.29) is 6.10 Å². The van der Waals surface area contributed by atoms with Gasteiger partial charge in [-0.3, -0.25) is 0 Å². The van der Waals surface area contributed by atoms with E-state index >= 15 is 0 Å². The smallest absolute Gasteiger partial charge is 0.331 e. The molecule has 0 aromatic carbocycles. The molecule has 0 heterocycles. The SMILES string of the molecule is CCCCCCOC(=O)/C=C/C(=O)OC(CC)CCC(CC)CC. The predicted octanol–water partition coefficient (Wildman–Crippen LogP) is 5.20. The highest BCUT2D eigenvalue weighted by Gasteiger charge is 2.13. The first-order valence-corrected chi connectivity index (χ1v) is 9.62. The normalized spacial score (nSPS) is 12.5. The minimum Gasteiger partial charge on any atom is -0.463 e. The van der Waals surface area contributed by atoms with Gasteiger partial charge in [0.15, 0.2) is 0 Å². The van der Waals surface area contributed by atoms with Crippen LogP contribution in [0, 0.1) is 5.92 Å². The molecule has 0 aromatic rings. The van der Waals surface area contributed by atoms with Gasteiger partial charge in [0.1, 0.15) is 6.10 Å². The number of unbranched alkanes of at least 4 members (excludes halogenated alkanes) is 3. The third-order valence-corrected chi connectivity index (χ3v) is 4.39. The summed E-state index contributed by atoms with van der Waals surface area (Å²) in [5.74, 6) is -0.251. The van der Waals surface area contributed by atoms with Crippen LogP contribution in [-0.2, 0) is 19.1 Å². The summed E-state index contributed by atoms with van der Waals surface area (Å²) < 4.78 is 10.5. The summed E-state index contributed by atoms with van der Waals surface area (Å²) in [6, 6.07) is 0. The summed E-state index contributed by atoms with van der Waals surface area (Å²) in [7, 11) is 0. The Bertz CT molecular complexity index is 359. The molecule has 1 atom stereocenters. The maximum Gasteiger partial charge on any atom is 0.331 e. The molecule has 140 valence electrons. The predicted molar refractivity (Wildman–Crippen MR) is 97.7 cm³/mol. The molecule has 0 fully saturated rings. The summed E-state index contributed by atoms with van der Waals surface area (Å²) in [6.45, 7) is 8.94. The van der Waals surface area contributed by atoms with Crippen LogP contribution in [0.3, 0.4) is 0 Å². The lowest BCUT2D eigenvalue weighted by Gasteiger charge is -2.18. The van der Waals surface area contributed by atoms with Gasteiger partial charge in [0.2, 0.25) is 0 Å². The second kappa shape index (κ2) is 15.2. The monoisotopic (exact) mass is 340 g/mol. The van der Waals surface area contributed by atoms with E-state index in [1.165, 1.54) is 6.08 Å². The molecule has 0 radical (unpaired) electrons. The molecule has 0 amide bonds. The number of carbonyl (C=O) groups is 2. The van der Waals surface area contributed by atoms with E-state index in [1.807, 2.05) is 6.92 Å². The molecule has 0 rings (SSSR count). The molecule has 0 aliphatic heterocycles. The fraction of sp³-hybridized carbons (Fsp3) is 0.800. The van der Waals surface area contributed by atoms with Gasteiger partial charge < -0.3 is 9.47 Å². The van der Waals surface area contributed by atoms with Gasteiger partial charge in [0.05, 0.1) is 6.61 Å². The highest BCUT2D eigenvalue weighted by Crippen LogP contribution is 2.18. The maximum atomic E-state index is 11.8. The summed E-state index contributed by atoms with van der Waals surface area (Å²) in [5, 5.41) is 0. The Morgan fingerprint density at radius 3 is 2.08 bits per heavy atom. The fourth-order valence-corrected chi connectivity index (χ4v) is 2.55. The van der Waals surface area contributed by atoms with Crippen LogP contribution in [-0.4, -0.2) is 24.6 Å². The van der Waals surface area contributed by atoms with Crippen molar-refractivity contribution in [2.75, 3.05) is 6.61 Å². The van der Waals surface area contributed by atoms with E-state index in [0.717, 1.165) is 63.9 Å². The molecular formula is C20H36O4. The minimum absolute atomic E-state index is 0.0761. The number of hydrogen-bond acceptors (Lipinski definition) is 4. The van der Waals surface area contributed by atoms with E-state index in [1.54, 1.807) is 0 Å². The van der Waals surface area contributed by atoms with Gasteiger partial charge in [-0.1, -0.05) is 59.8 Å². The van der Waals surface area contributed by atoms with Crippen LogP contribution in [0.25, 0.3) is 0 Å². The molecule has 0 saturated heterocycles. The Morgan fingerprint density at radius 2 is 1.50 bits per heavy atom. The van der Waals surface area contributed by atoms with Crippen molar-refractivity contribution in [2.24, 2.45) is 5.92 Å². The Labute approximate surface area is 148 Å². The lowest BCUT2D eigenvalue weighted by atomic mass is 9.95. The highest BCUT2D eigenvalue weighted by molar-refractivity contribution is 5.91. The average molecular weight is 341 g/mol. The maximum absolute atomic E-state index is 11.8. The molecule has 0 aromatic heterocycles. The molecule has 0 bridgehead atoms. The van der Waals surface area contributed by atoms with E-state index in [4.69, 9.17) is 9.47 Å². The number of ether oxygens (including phenoxy) is 2. The van der Waals surface area contributed by atoms with Crippen LogP contribution < -0.4 is 0 Å². The number of esters is 2. The molecule has 4 nitrogen and oxygen atoms in total. The summed E-state index contributed by atoms with van der Waals surface area (Å²) in [4.78, 5) is 23.3. The van der Waals surface area contributed by atoms with Crippen molar-refractivity contribution in [3.63, 3.8) is 0 Å². The fourth-order valence-electron chi connectivity index (χ4n) is 2.55. The van der Waals surface area contributed by atoms with Crippen molar-refractivity contribution < 1.29 is 19.1 Å². The quantitative estimate of drug-likeness (QED) is 0.248. The number of rotatable bonds is 14. The lowest BCUT2D eigenvalue weighted by Crippen LogP contribution is -2.17. The molecule has 1 unspecified atom stereocenters. The van der Waals surface area contributed by atoms with Crippen molar-refractivity contribution >= 4 is 11.9 Å². The Balaban J connectivity index is 4.03. The van der Waals surface area contributed by atoms with Crippen molar-refractivity contribution in [2.45, 2.75) is 91.6 Å². The summed E-state index contributed by atoms with van der Waals surface area (Å²) >= 11 is 0. The van der Waals surface area contributed by atoms with Gasteiger partial charge in [0, 0.05) is 12.2 Å². The van der Waals surface area contributed by atoms with E-state index < -0.39 is 11.9 Å². The third-order valence-electron chi connectivity index (χ3n) is 4.39. The van der Waals surface area contributed by atoms with E-state index in [0.29, 0.717) is 12.5 Å². The average Bonchev–Trinajstić information content (AvgIpc) is 2.59. The van der Waals surface area contributed by atoms with Gasteiger partial charge in [-0.05, 0) is 31.6 Å². The Hall–Kier alpha value is -1.32. The topological polar surface area (TPSA) is 52.6 Å². The van der Waals surface area contributed by atoms with Gasteiger partial charge >= 0.3 is 11.9 Å². The first-order chi connectivity index (χ1) is 11.6. The standard InChI is InChI=1S/C20H36O4/c1-5-9-10-11-16-23-19(21)14-15-20(22)24-18(8-4)13-12-17(6-2)7-3/h14-15,17-18H,5-13,16H2,1-4H3/b15-14+. The van der Waals surface area contributed by atoms with Gasteiger partial charge in [-0.15, -0.1) is 0 Å². The first-order valence-electron chi connectivity index (χ1n) is 9.62. The third kappa shape index (κ3) is 12.1. The van der Waals surface area contributed by atoms with Crippen molar-refractivity contribution in [3.05, 3.63) is 12.2 Å². The zero-order chi connectivity index (χ0) is 18.2. The van der Waals surface area contributed by atoms with Crippen LogP contribution >= 0.6 is 0 Å². The van der Waals surface area contributed by atoms with Crippen LogP contribution in [0.4, 0.5) is 0 Å². The Kier molecular flexibility index (Phi) is 14.4. The van der Waals surface area contributed by atoms with Crippen molar-refractivity contribution in [1.82, 2.24) is 0 Å². The summed E-state index contributed by atoms with van der Waals surface area (Å²) in [5.41, 5.74) is 0. The molecule has 0 aliphatic rings. The summed E-state index contributed by atoms with van der Waals surface area (Å²) in [6.07, 6.45) is 11.5. The molecule has 0 saturated carbocycles. The van der Waals surface area contributed by atoms with Gasteiger partial charge in [0.25, 0.3) is 0 Å². The lowest BCUT2D eigenvalue weighted by molar-refractivity contribution is -0.144. The number of carbonyl (C=O) groups excluding carboxylic acids is 2. The molecule has 0 spiro atoms. The van der Waals surface area contributed by atoms with Crippen LogP contribution in [0.15, 0.2) is 12.2 Å². The first kappa shape index (κ1) is 22.7. The Morgan fingerprint density at radius 1 is 0.833 bits per heavy atom. The number of hydrogen-bond donors (Lipinski definition) is 0. The second-order valence-corrected chi connectivity index (χ2v) is 6.29. The van der Waals surface area contributed by atoms with E-state index in [9.17, 15) is 9.59 Å². The van der Waals surface area contributed by atoms with Gasteiger partial charge in [-0.2, -0.15) is 0 Å². The van der Waals surface area contributed by atoms with Gasteiger partial charge in [-0.25, -0.2) is 9.59 Å².